The summed E-state index contributed by atoms with van der Waals surface area (Å²) in [7, 11) is 0. The molecule has 3 heteroatoms. The van der Waals surface area contributed by atoms with Gasteiger partial charge >= 0.3 is 0 Å². The molecule has 0 fully saturated rings. The molecular weight excluding hydrogens is 212 g/mol. The fourth-order valence-electron chi connectivity index (χ4n) is 2.28. The molecule has 0 aliphatic heterocycles. The summed E-state index contributed by atoms with van der Waals surface area (Å²) in [5.41, 5.74) is 0.0808. The fraction of sp³-hybridized carbons (Fsp3) is 0.929. The van der Waals surface area contributed by atoms with Crippen LogP contribution in [0.3, 0.4) is 0 Å². The maximum atomic E-state index is 12.0. The molecule has 17 heavy (non-hydrogen) atoms. The minimum Gasteiger partial charge on any atom is -0.351 e. The molecule has 0 radical (unpaired) electrons. The Morgan fingerprint density at radius 2 is 1.71 bits per heavy atom. The molecule has 0 aromatic carbocycles. The molecule has 102 valence electrons. The number of hydrogen-bond donors (Lipinski definition) is 2. The molecule has 0 heterocycles. The Kier molecular flexibility index (Phi) is 6.17. The molecule has 0 saturated carbocycles. The summed E-state index contributed by atoms with van der Waals surface area (Å²) in [6.45, 7) is 16.4. The lowest BCUT2D eigenvalue weighted by Crippen LogP contribution is -2.49. The summed E-state index contributed by atoms with van der Waals surface area (Å²) in [6, 6.07) is 0. The number of hydrogen-bond acceptors (Lipinski definition) is 2. The number of nitrogens with one attached hydrogen (secondary N) is 2. The van der Waals surface area contributed by atoms with Crippen molar-refractivity contribution in [3.05, 3.63) is 0 Å². The Morgan fingerprint density at radius 3 is 2.12 bits per heavy atom. The van der Waals surface area contributed by atoms with Crippen LogP contribution >= 0.6 is 0 Å². The molecule has 3 nitrogen and oxygen atoms in total. The Balaban J connectivity index is 4.26. The molecule has 0 saturated heterocycles. The van der Waals surface area contributed by atoms with Crippen LogP contribution in [0.25, 0.3) is 0 Å². The third-order valence-electron chi connectivity index (χ3n) is 2.58. The van der Waals surface area contributed by atoms with E-state index < -0.39 is 0 Å². The van der Waals surface area contributed by atoms with E-state index in [9.17, 15) is 4.79 Å². The van der Waals surface area contributed by atoms with Crippen molar-refractivity contribution < 1.29 is 4.79 Å². The molecule has 0 aliphatic rings. The van der Waals surface area contributed by atoms with Gasteiger partial charge in [-0.1, -0.05) is 34.6 Å². The van der Waals surface area contributed by atoms with Crippen LogP contribution < -0.4 is 10.6 Å². The summed E-state index contributed by atoms with van der Waals surface area (Å²) in [6.07, 6.45) is 0.972. The highest BCUT2D eigenvalue weighted by Gasteiger charge is 2.28. The van der Waals surface area contributed by atoms with E-state index in [2.05, 4.69) is 45.3 Å². The van der Waals surface area contributed by atoms with Crippen molar-refractivity contribution in [1.29, 1.82) is 0 Å². The molecule has 2 N–H and O–H groups in total. The van der Waals surface area contributed by atoms with Crippen molar-refractivity contribution in [3.8, 4) is 0 Å². The third-order valence-corrected chi connectivity index (χ3v) is 2.58. The predicted octanol–water partition coefficient (Wildman–Crippen LogP) is 2.56. The topological polar surface area (TPSA) is 41.1 Å². The molecule has 0 rings (SSSR count). The van der Waals surface area contributed by atoms with Gasteiger partial charge in [0, 0.05) is 18.0 Å². The first-order valence-corrected chi connectivity index (χ1v) is 6.60. The second-order valence-corrected chi connectivity index (χ2v) is 6.82. The lowest BCUT2D eigenvalue weighted by Gasteiger charge is -2.34. The number of carbonyl (C=O) groups is 1. The molecule has 0 aromatic heterocycles. The van der Waals surface area contributed by atoms with E-state index in [-0.39, 0.29) is 22.8 Å². The maximum absolute atomic E-state index is 12.0. The minimum atomic E-state index is -0.143. The Labute approximate surface area is 107 Å². The van der Waals surface area contributed by atoms with Gasteiger partial charge in [-0.25, -0.2) is 0 Å². The van der Waals surface area contributed by atoms with E-state index in [1.54, 1.807) is 0 Å². The van der Waals surface area contributed by atoms with Crippen LogP contribution in [0.4, 0.5) is 0 Å². The zero-order chi connectivity index (χ0) is 13.7. The van der Waals surface area contributed by atoms with Crippen molar-refractivity contribution in [3.63, 3.8) is 0 Å². The van der Waals surface area contributed by atoms with Gasteiger partial charge in [-0.3, -0.25) is 4.79 Å². The highest BCUT2D eigenvalue weighted by Crippen LogP contribution is 2.26. The fourth-order valence-corrected chi connectivity index (χ4v) is 2.28. The first kappa shape index (κ1) is 16.4. The second-order valence-electron chi connectivity index (χ2n) is 6.82. The van der Waals surface area contributed by atoms with E-state index in [0.29, 0.717) is 0 Å². The monoisotopic (exact) mass is 242 g/mol. The van der Waals surface area contributed by atoms with Gasteiger partial charge in [-0.05, 0) is 32.2 Å². The SMILES string of the molecule is CCNCC(C)C(=O)NC(C)(C)CC(C)(C)C. The standard InChI is InChI=1S/C14H30N2O/c1-8-15-9-11(2)12(17)16-14(6,7)10-13(3,4)5/h11,15H,8-10H2,1-7H3,(H,16,17). The highest BCUT2D eigenvalue weighted by molar-refractivity contribution is 5.79. The van der Waals surface area contributed by atoms with Crippen LogP contribution in [0.2, 0.25) is 0 Å². The Morgan fingerprint density at radius 1 is 1.18 bits per heavy atom. The van der Waals surface area contributed by atoms with E-state index in [1.807, 2.05) is 13.8 Å². The highest BCUT2D eigenvalue weighted by atomic mass is 16.2. The first-order valence-electron chi connectivity index (χ1n) is 6.60. The molecule has 1 atom stereocenters. The molecule has 0 spiro atoms. The molecule has 0 aliphatic carbocycles. The average Bonchev–Trinajstić information content (AvgIpc) is 2.08. The predicted molar refractivity (Wildman–Crippen MR) is 74.0 cm³/mol. The summed E-state index contributed by atoms with van der Waals surface area (Å²) in [5, 5.41) is 6.34. The molecule has 1 unspecified atom stereocenters. The van der Waals surface area contributed by atoms with Gasteiger partial charge in [-0.15, -0.1) is 0 Å². The zero-order valence-corrected chi connectivity index (χ0v) is 12.6. The Hall–Kier alpha value is -0.570. The lowest BCUT2D eigenvalue weighted by molar-refractivity contribution is -0.126. The van der Waals surface area contributed by atoms with Gasteiger partial charge in [0.2, 0.25) is 5.91 Å². The van der Waals surface area contributed by atoms with E-state index >= 15 is 0 Å². The summed E-state index contributed by atoms with van der Waals surface area (Å²) in [5.74, 6) is 0.161. The van der Waals surface area contributed by atoms with Crippen LogP contribution in [0.15, 0.2) is 0 Å². The van der Waals surface area contributed by atoms with Gasteiger partial charge in [-0.2, -0.15) is 0 Å². The van der Waals surface area contributed by atoms with Gasteiger partial charge in [0.25, 0.3) is 0 Å². The third kappa shape index (κ3) is 8.19. The lowest BCUT2D eigenvalue weighted by atomic mass is 9.81. The minimum absolute atomic E-state index is 0.0224. The molecular formula is C14H30N2O. The molecule has 1 amide bonds. The normalized spacial score (nSPS) is 14.5. The van der Waals surface area contributed by atoms with Crippen LogP contribution in [0, 0.1) is 11.3 Å². The number of carbonyl (C=O) groups excluding carboxylic acids is 1. The van der Waals surface area contributed by atoms with Crippen molar-refractivity contribution >= 4 is 5.91 Å². The first-order chi connectivity index (χ1) is 7.57. The van der Waals surface area contributed by atoms with Gasteiger partial charge in [0.05, 0.1) is 0 Å². The number of rotatable bonds is 6. The van der Waals surface area contributed by atoms with E-state index in [0.717, 1.165) is 19.5 Å². The summed E-state index contributed by atoms with van der Waals surface area (Å²) in [4.78, 5) is 12.0. The van der Waals surface area contributed by atoms with Crippen LogP contribution in [-0.4, -0.2) is 24.5 Å². The van der Waals surface area contributed by atoms with Crippen molar-refractivity contribution in [2.75, 3.05) is 13.1 Å². The van der Waals surface area contributed by atoms with Crippen LogP contribution in [-0.2, 0) is 4.79 Å². The number of amides is 1. The summed E-state index contributed by atoms with van der Waals surface area (Å²) < 4.78 is 0. The van der Waals surface area contributed by atoms with Crippen molar-refractivity contribution in [2.45, 2.75) is 60.4 Å². The van der Waals surface area contributed by atoms with E-state index in [1.165, 1.54) is 0 Å². The van der Waals surface area contributed by atoms with Crippen LogP contribution in [0.5, 0.6) is 0 Å². The molecule has 0 aromatic rings. The van der Waals surface area contributed by atoms with Crippen LogP contribution in [0.1, 0.15) is 54.9 Å². The maximum Gasteiger partial charge on any atom is 0.224 e. The van der Waals surface area contributed by atoms with Gasteiger partial charge in [0.1, 0.15) is 0 Å². The Bertz CT molecular complexity index is 241. The smallest absolute Gasteiger partial charge is 0.224 e. The zero-order valence-electron chi connectivity index (χ0n) is 12.6. The summed E-state index contributed by atoms with van der Waals surface area (Å²) >= 11 is 0. The van der Waals surface area contributed by atoms with Gasteiger partial charge < -0.3 is 10.6 Å². The average molecular weight is 242 g/mol. The van der Waals surface area contributed by atoms with Gasteiger partial charge in [0.15, 0.2) is 0 Å². The quantitative estimate of drug-likeness (QED) is 0.751. The second kappa shape index (κ2) is 6.39. The van der Waals surface area contributed by atoms with Crippen molar-refractivity contribution in [1.82, 2.24) is 10.6 Å². The van der Waals surface area contributed by atoms with Crippen molar-refractivity contribution in [2.24, 2.45) is 11.3 Å². The molecule has 0 bridgehead atoms. The largest absolute Gasteiger partial charge is 0.351 e. The van der Waals surface area contributed by atoms with E-state index in [4.69, 9.17) is 0 Å².